The number of carboxylic acids is 1. The normalized spacial score (nSPS) is 21.6. The van der Waals surface area contributed by atoms with Crippen LogP contribution >= 0.6 is 0 Å². The molecule has 9 heteroatoms. The zero-order valence-electron chi connectivity index (χ0n) is 12.5. The Hall–Kier alpha value is -1.45. The molecule has 124 valence electrons. The lowest BCUT2D eigenvalue weighted by Crippen LogP contribution is -2.41. The second kappa shape index (κ2) is 6.35. The molecule has 0 radical (unpaired) electrons. The summed E-state index contributed by atoms with van der Waals surface area (Å²) in [6.07, 6.45) is 3.16. The van der Waals surface area contributed by atoms with Crippen LogP contribution in [0.2, 0.25) is 0 Å². The molecule has 0 saturated carbocycles. The molecular weight excluding hydrogens is 312 g/mol. The number of carboxylic acid groups (broad SMARTS) is 1. The smallest absolute Gasteiger partial charge is 0.357 e. The molecule has 1 unspecified atom stereocenters. The summed E-state index contributed by atoms with van der Waals surface area (Å²) < 4.78 is 37.1. The minimum absolute atomic E-state index is 0.00543. The lowest BCUT2D eigenvalue weighted by atomic mass is 9.96. The number of hydrogen-bond acceptors (Lipinski definition) is 6. The highest BCUT2D eigenvalue weighted by molar-refractivity contribution is 7.89. The summed E-state index contributed by atoms with van der Waals surface area (Å²) in [5.74, 6) is -1.36. The van der Waals surface area contributed by atoms with E-state index in [9.17, 15) is 13.2 Å². The molecule has 1 saturated heterocycles. The number of ether oxygens (including phenoxy) is 1. The monoisotopic (exact) mass is 332 g/mol. The summed E-state index contributed by atoms with van der Waals surface area (Å²) in [5.41, 5.74) is -0.566. The fourth-order valence-electron chi connectivity index (χ4n) is 2.41. The summed E-state index contributed by atoms with van der Waals surface area (Å²) >= 11 is 0. The largest absolute Gasteiger partial charge is 0.476 e. The Morgan fingerprint density at radius 3 is 2.86 bits per heavy atom. The van der Waals surface area contributed by atoms with Crippen LogP contribution < -0.4 is 4.72 Å². The lowest BCUT2D eigenvalue weighted by Gasteiger charge is -2.35. The van der Waals surface area contributed by atoms with Gasteiger partial charge in [0, 0.05) is 0 Å². The van der Waals surface area contributed by atoms with E-state index in [1.54, 1.807) is 0 Å². The van der Waals surface area contributed by atoms with Crippen LogP contribution in [0.4, 0.5) is 0 Å². The number of aromatic carboxylic acids is 1. The predicted octanol–water partition coefficient (Wildman–Crippen LogP) is 1.14. The summed E-state index contributed by atoms with van der Waals surface area (Å²) in [7, 11) is -3.56. The molecular formula is C13H20N2O6S. The molecule has 0 aliphatic carbocycles. The molecule has 2 heterocycles. The molecule has 0 bridgehead atoms. The SMILES string of the molecule is CC1(C)CCCC(CS(=O)(=O)NCc2nc(C(=O)O)co2)O1. The van der Waals surface area contributed by atoms with Gasteiger partial charge < -0.3 is 14.3 Å². The quantitative estimate of drug-likeness (QED) is 0.801. The molecule has 2 N–H and O–H groups in total. The second-order valence-corrected chi connectivity index (χ2v) is 7.78. The molecule has 1 fully saturated rings. The second-order valence-electron chi connectivity index (χ2n) is 5.93. The van der Waals surface area contributed by atoms with Gasteiger partial charge in [-0.3, -0.25) is 0 Å². The molecule has 1 atom stereocenters. The molecule has 0 spiro atoms. The maximum absolute atomic E-state index is 12.0. The third-order valence-corrected chi connectivity index (χ3v) is 4.80. The molecule has 2 rings (SSSR count). The molecule has 1 aromatic rings. The fourth-order valence-corrected chi connectivity index (χ4v) is 3.59. The van der Waals surface area contributed by atoms with Crippen LogP contribution in [0.1, 0.15) is 49.5 Å². The summed E-state index contributed by atoms with van der Waals surface area (Å²) in [5, 5.41) is 8.71. The Balaban J connectivity index is 1.89. The Labute approximate surface area is 128 Å². The van der Waals surface area contributed by atoms with E-state index >= 15 is 0 Å². The number of carbonyl (C=O) groups is 1. The highest BCUT2D eigenvalue weighted by Crippen LogP contribution is 2.28. The fraction of sp³-hybridized carbons (Fsp3) is 0.692. The Bertz CT molecular complexity index is 637. The van der Waals surface area contributed by atoms with Gasteiger partial charge in [-0.1, -0.05) is 0 Å². The van der Waals surface area contributed by atoms with Crippen molar-refractivity contribution in [2.45, 2.75) is 51.4 Å². The molecule has 0 aromatic carbocycles. The van der Waals surface area contributed by atoms with Gasteiger partial charge in [0.1, 0.15) is 6.26 Å². The standard InChI is InChI=1S/C13H20N2O6S/c1-13(2)5-3-4-9(21-13)8-22(18,19)14-6-11-15-10(7-20-11)12(16)17/h7,9,14H,3-6,8H2,1-2H3,(H,16,17). The van der Waals surface area contributed by atoms with Crippen LogP contribution in [0.15, 0.2) is 10.7 Å². The third kappa shape index (κ3) is 4.79. The van der Waals surface area contributed by atoms with Gasteiger partial charge in [0.25, 0.3) is 0 Å². The number of nitrogens with one attached hydrogen (secondary N) is 1. The lowest BCUT2D eigenvalue weighted by molar-refractivity contribution is -0.0964. The van der Waals surface area contributed by atoms with E-state index in [0.717, 1.165) is 19.1 Å². The van der Waals surface area contributed by atoms with Crippen LogP contribution in [0, 0.1) is 0 Å². The Kier molecular flexibility index (Phi) is 4.88. The molecule has 1 aromatic heterocycles. The van der Waals surface area contributed by atoms with Crippen LogP contribution in [0.25, 0.3) is 0 Å². The molecule has 0 amide bonds. The van der Waals surface area contributed by atoms with Gasteiger partial charge in [-0.2, -0.15) is 0 Å². The number of hydrogen-bond donors (Lipinski definition) is 2. The van der Waals surface area contributed by atoms with Crippen molar-refractivity contribution in [1.29, 1.82) is 0 Å². The number of sulfonamides is 1. The third-order valence-electron chi connectivity index (χ3n) is 3.41. The molecule has 1 aliphatic rings. The van der Waals surface area contributed by atoms with E-state index in [1.165, 1.54) is 0 Å². The first kappa shape index (κ1) is 16.9. The molecule has 22 heavy (non-hydrogen) atoms. The first-order valence-corrected chi connectivity index (χ1v) is 8.65. The van der Waals surface area contributed by atoms with Gasteiger partial charge in [-0.05, 0) is 33.1 Å². The van der Waals surface area contributed by atoms with Crippen LogP contribution in [0.3, 0.4) is 0 Å². The van der Waals surface area contributed by atoms with Crippen molar-refractivity contribution < 1.29 is 27.5 Å². The van der Waals surface area contributed by atoms with E-state index in [2.05, 4.69) is 9.71 Å². The first-order valence-electron chi connectivity index (χ1n) is 7.00. The van der Waals surface area contributed by atoms with Gasteiger partial charge >= 0.3 is 5.97 Å². The number of aromatic nitrogens is 1. The van der Waals surface area contributed by atoms with E-state index in [-0.39, 0.29) is 35.6 Å². The van der Waals surface area contributed by atoms with Gasteiger partial charge in [0.05, 0.1) is 24.0 Å². The Morgan fingerprint density at radius 2 is 2.27 bits per heavy atom. The van der Waals surface area contributed by atoms with Crippen molar-refractivity contribution in [3.05, 3.63) is 17.8 Å². The Morgan fingerprint density at radius 1 is 1.55 bits per heavy atom. The van der Waals surface area contributed by atoms with Gasteiger partial charge in [0.2, 0.25) is 15.9 Å². The summed E-state index contributed by atoms with van der Waals surface area (Å²) in [4.78, 5) is 14.3. The van der Waals surface area contributed by atoms with E-state index in [0.29, 0.717) is 6.42 Å². The highest BCUT2D eigenvalue weighted by atomic mass is 32.2. The van der Waals surface area contributed by atoms with Crippen LogP contribution in [0.5, 0.6) is 0 Å². The number of rotatable bonds is 6. The minimum Gasteiger partial charge on any atom is -0.476 e. The average Bonchev–Trinajstić information content (AvgIpc) is 2.83. The average molecular weight is 332 g/mol. The molecule has 8 nitrogen and oxygen atoms in total. The van der Waals surface area contributed by atoms with Crippen molar-refractivity contribution in [3.63, 3.8) is 0 Å². The van der Waals surface area contributed by atoms with Crippen molar-refractivity contribution in [1.82, 2.24) is 9.71 Å². The number of oxazole rings is 1. The maximum Gasteiger partial charge on any atom is 0.357 e. The van der Waals surface area contributed by atoms with Crippen molar-refractivity contribution in [2.24, 2.45) is 0 Å². The summed E-state index contributed by atoms with van der Waals surface area (Å²) in [6, 6.07) is 0. The number of nitrogens with zero attached hydrogens (tertiary/aromatic N) is 1. The summed E-state index contributed by atoms with van der Waals surface area (Å²) in [6.45, 7) is 3.70. The van der Waals surface area contributed by atoms with Crippen LogP contribution in [-0.4, -0.2) is 41.9 Å². The van der Waals surface area contributed by atoms with Crippen LogP contribution in [-0.2, 0) is 21.3 Å². The molecule has 1 aliphatic heterocycles. The van der Waals surface area contributed by atoms with Gasteiger partial charge in [-0.25, -0.2) is 22.9 Å². The van der Waals surface area contributed by atoms with Gasteiger partial charge in [-0.15, -0.1) is 0 Å². The van der Waals surface area contributed by atoms with E-state index in [1.807, 2.05) is 13.8 Å². The van der Waals surface area contributed by atoms with Crippen molar-refractivity contribution >= 4 is 16.0 Å². The van der Waals surface area contributed by atoms with E-state index in [4.69, 9.17) is 14.3 Å². The van der Waals surface area contributed by atoms with Gasteiger partial charge in [0.15, 0.2) is 5.69 Å². The van der Waals surface area contributed by atoms with Crippen molar-refractivity contribution in [3.8, 4) is 0 Å². The highest BCUT2D eigenvalue weighted by Gasteiger charge is 2.31. The zero-order valence-corrected chi connectivity index (χ0v) is 13.4. The minimum atomic E-state index is -3.56. The predicted molar refractivity (Wildman–Crippen MR) is 76.9 cm³/mol. The van der Waals surface area contributed by atoms with E-state index < -0.39 is 16.0 Å². The van der Waals surface area contributed by atoms with Crippen molar-refractivity contribution in [2.75, 3.05) is 5.75 Å². The topological polar surface area (TPSA) is 119 Å². The zero-order chi connectivity index (χ0) is 16.4. The first-order chi connectivity index (χ1) is 10.2. The maximum atomic E-state index is 12.0.